The standard InChI is InChI=1S/C18H27N3O2.ClH/c1-13(22)21-15-8-6-14(7-9-15)10-12-20-17(23)16-5-3-4-11-18(16,2)19;/h6-9,16H,3-5,10-12,19H2,1-2H3,(H,20,23)(H,21,22);1H. The van der Waals surface area contributed by atoms with Crippen LogP contribution in [-0.4, -0.2) is 23.9 Å². The Labute approximate surface area is 150 Å². The van der Waals surface area contributed by atoms with E-state index in [1.54, 1.807) is 0 Å². The fourth-order valence-corrected chi connectivity index (χ4v) is 3.20. The molecule has 1 aliphatic rings. The summed E-state index contributed by atoms with van der Waals surface area (Å²) in [4.78, 5) is 23.3. The van der Waals surface area contributed by atoms with Crippen LogP contribution in [0, 0.1) is 5.92 Å². The summed E-state index contributed by atoms with van der Waals surface area (Å²) >= 11 is 0. The summed E-state index contributed by atoms with van der Waals surface area (Å²) in [5.74, 6) is -0.0923. The van der Waals surface area contributed by atoms with Gasteiger partial charge >= 0.3 is 0 Å². The topological polar surface area (TPSA) is 84.2 Å². The summed E-state index contributed by atoms with van der Waals surface area (Å²) in [6, 6.07) is 7.67. The van der Waals surface area contributed by atoms with Crippen LogP contribution in [-0.2, 0) is 16.0 Å². The van der Waals surface area contributed by atoms with Crippen molar-refractivity contribution < 1.29 is 9.59 Å². The second kappa shape index (κ2) is 9.04. The van der Waals surface area contributed by atoms with Crippen molar-refractivity contribution in [3.05, 3.63) is 29.8 Å². The predicted molar refractivity (Wildman–Crippen MR) is 99.3 cm³/mol. The molecule has 2 unspecified atom stereocenters. The van der Waals surface area contributed by atoms with Crippen molar-refractivity contribution in [3.63, 3.8) is 0 Å². The average Bonchev–Trinajstić information content (AvgIpc) is 2.48. The molecule has 0 radical (unpaired) electrons. The lowest BCUT2D eigenvalue weighted by molar-refractivity contribution is -0.128. The van der Waals surface area contributed by atoms with E-state index < -0.39 is 0 Å². The smallest absolute Gasteiger partial charge is 0.224 e. The zero-order valence-corrected chi connectivity index (χ0v) is 15.2. The van der Waals surface area contributed by atoms with Gasteiger partial charge < -0.3 is 16.4 Å². The van der Waals surface area contributed by atoms with Gasteiger partial charge in [-0.15, -0.1) is 12.4 Å². The first-order chi connectivity index (χ1) is 10.9. The minimum absolute atomic E-state index is 0. The molecular formula is C18H28ClN3O2. The van der Waals surface area contributed by atoms with Crippen LogP contribution >= 0.6 is 12.4 Å². The van der Waals surface area contributed by atoms with Gasteiger partial charge in [0.2, 0.25) is 11.8 Å². The molecular weight excluding hydrogens is 326 g/mol. The molecule has 0 heterocycles. The van der Waals surface area contributed by atoms with Crippen molar-refractivity contribution in [1.82, 2.24) is 5.32 Å². The molecule has 0 aromatic heterocycles. The molecule has 1 saturated carbocycles. The highest BCUT2D eigenvalue weighted by Gasteiger charge is 2.37. The van der Waals surface area contributed by atoms with Crippen molar-refractivity contribution in [2.24, 2.45) is 11.7 Å². The molecule has 6 heteroatoms. The minimum atomic E-state index is -0.387. The van der Waals surface area contributed by atoms with E-state index in [9.17, 15) is 9.59 Å². The van der Waals surface area contributed by atoms with Gasteiger partial charge in [0, 0.05) is 24.7 Å². The molecule has 5 nitrogen and oxygen atoms in total. The average molecular weight is 354 g/mol. The highest BCUT2D eigenvalue weighted by Crippen LogP contribution is 2.31. The summed E-state index contributed by atoms with van der Waals surface area (Å²) in [6.07, 6.45) is 4.74. The molecule has 1 fully saturated rings. The quantitative estimate of drug-likeness (QED) is 0.760. The third-order valence-electron chi connectivity index (χ3n) is 4.56. The van der Waals surface area contributed by atoms with Gasteiger partial charge in [-0.2, -0.15) is 0 Å². The fourth-order valence-electron chi connectivity index (χ4n) is 3.20. The first kappa shape index (κ1) is 20.5. The van der Waals surface area contributed by atoms with Gasteiger partial charge in [-0.3, -0.25) is 9.59 Å². The van der Waals surface area contributed by atoms with Crippen LogP contribution in [0.15, 0.2) is 24.3 Å². The Hall–Kier alpha value is -1.59. The molecule has 0 bridgehead atoms. The Bertz CT molecular complexity index is 558. The Morgan fingerprint density at radius 1 is 1.25 bits per heavy atom. The molecule has 0 saturated heterocycles. The van der Waals surface area contributed by atoms with E-state index in [0.29, 0.717) is 6.54 Å². The molecule has 24 heavy (non-hydrogen) atoms. The van der Waals surface area contributed by atoms with Crippen molar-refractivity contribution >= 4 is 29.9 Å². The zero-order chi connectivity index (χ0) is 16.9. The van der Waals surface area contributed by atoms with Gasteiger partial charge in [0.05, 0.1) is 5.92 Å². The molecule has 2 atom stereocenters. The fraction of sp³-hybridized carbons (Fsp3) is 0.556. The minimum Gasteiger partial charge on any atom is -0.355 e. The van der Waals surface area contributed by atoms with Crippen molar-refractivity contribution in [1.29, 1.82) is 0 Å². The molecule has 2 rings (SSSR count). The van der Waals surface area contributed by atoms with Crippen molar-refractivity contribution in [3.8, 4) is 0 Å². The normalized spacial score (nSPS) is 23.0. The molecule has 1 aromatic rings. The number of anilines is 1. The molecule has 1 aromatic carbocycles. The molecule has 1 aliphatic carbocycles. The summed E-state index contributed by atoms with van der Waals surface area (Å²) in [5.41, 5.74) is 7.79. The third-order valence-corrected chi connectivity index (χ3v) is 4.56. The van der Waals surface area contributed by atoms with Crippen LogP contribution in [0.1, 0.15) is 45.1 Å². The zero-order valence-electron chi connectivity index (χ0n) is 14.4. The van der Waals surface area contributed by atoms with Crippen molar-refractivity contribution in [2.75, 3.05) is 11.9 Å². The highest BCUT2D eigenvalue weighted by atomic mass is 35.5. The molecule has 0 spiro atoms. The van der Waals surface area contributed by atoms with Crippen LogP contribution in [0.2, 0.25) is 0 Å². The molecule has 4 N–H and O–H groups in total. The Balaban J connectivity index is 0.00000288. The molecule has 2 amide bonds. The monoisotopic (exact) mass is 353 g/mol. The van der Waals surface area contributed by atoms with Gasteiger partial charge in [-0.05, 0) is 43.9 Å². The maximum Gasteiger partial charge on any atom is 0.224 e. The first-order valence-corrected chi connectivity index (χ1v) is 8.31. The molecule has 0 aliphatic heterocycles. The number of rotatable bonds is 5. The van der Waals surface area contributed by atoms with E-state index in [2.05, 4.69) is 10.6 Å². The first-order valence-electron chi connectivity index (χ1n) is 8.31. The van der Waals surface area contributed by atoms with Gasteiger partial charge in [-0.25, -0.2) is 0 Å². The Morgan fingerprint density at radius 2 is 1.92 bits per heavy atom. The maximum atomic E-state index is 12.3. The predicted octanol–water partition coefficient (Wildman–Crippen LogP) is 2.63. The largest absolute Gasteiger partial charge is 0.355 e. The second-order valence-corrected chi connectivity index (χ2v) is 6.72. The summed E-state index contributed by atoms with van der Waals surface area (Å²) in [7, 11) is 0. The number of nitrogens with two attached hydrogens (primary N) is 1. The van der Waals surface area contributed by atoms with Crippen LogP contribution < -0.4 is 16.4 Å². The number of hydrogen-bond donors (Lipinski definition) is 3. The highest BCUT2D eigenvalue weighted by molar-refractivity contribution is 5.88. The van der Waals surface area contributed by atoms with Crippen LogP contribution in [0.5, 0.6) is 0 Å². The van der Waals surface area contributed by atoms with E-state index in [1.165, 1.54) is 6.92 Å². The van der Waals surface area contributed by atoms with E-state index in [0.717, 1.165) is 43.4 Å². The second-order valence-electron chi connectivity index (χ2n) is 6.72. The number of carbonyl (C=O) groups is 2. The number of nitrogens with one attached hydrogen (secondary N) is 2. The van der Waals surface area contributed by atoms with E-state index >= 15 is 0 Å². The van der Waals surface area contributed by atoms with E-state index in [-0.39, 0.29) is 35.7 Å². The van der Waals surface area contributed by atoms with Crippen LogP contribution in [0.4, 0.5) is 5.69 Å². The summed E-state index contributed by atoms with van der Waals surface area (Å²) < 4.78 is 0. The number of benzene rings is 1. The summed E-state index contributed by atoms with van der Waals surface area (Å²) in [5, 5.41) is 5.75. The van der Waals surface area contributed by atoms with Gasteiger partial charge in [0.25, 0.3) is 0 Å². The Morgan fingerprint density at radius 3 is 2.50 bits per heavy atom. The molecule has 134 valence electrons. The number of amides is 2. The van der Waals surface area contributed by atoms with Crippen LogP contribution in [0.3, 0.4) is 0 Å². The third kappa shape index (κ3) is 5.80. The van der Waals surface area contributed by atoms with Gasteiger partial charge in [-0.1, -0.05) is 25.0 Å². The SMILES string of the molecule is CC(=O)Nc1ccc(CCNC(=O)C2CCCCC2(C)N)cc1.Cl. The van der Waals surface area contributed by atoms with E-state index in [4.69, 9.17) is 5.73 Å². The lowest BCUT2D eigenvalue weighted by Gasteiger charge is -2.37. The number of halogens is 1. The number of hydrogen-bond acceptors (Lipinski definition) is 3. The summed E-state index contributed by atoms with van der Waals surface area (Å²) in [6.45, 7) is 4.07. The van der Waals surface area contributed by atoms with Crippen molar-refractivity contribution in [2.45, 2.75) is 51.5 Å². The Kier molecular flexibility index (Phi) is 7.70. The van der Waals surface area contributed by atoms with Gasteiger partial charge in [0.15, 0.2) is 0 Å². The maximum absolute atomic E-state index is 12.3. The number of carbonyl (C=O) groups excluding carboxylic acids is 2. The van der Waals surface area contributed by atoms with Crippen LogP contribution in [0.25, 0.3) is 0 Å². The lowest BCUT2D eigenvalue weighted by Crippen LogP contribution is -2.53. The van der Waals surface area contributed by atoms with Gasteiger partial charge in [0.1, 0.15) is 0 Å². The van der Waals surface area contributed by atoms with E-state index in [1.807, 2.05) is 31.2 Å². The lowest BCUT2D eigenvalue weighted by atomic mass is 9.74.